The van der Waals surface area contributed by atoms with Crippen LogP contribution in [0.2, 0.25) is 0 Å². The molecule has 0 aromatic heterocycles. The minimum absolute atomic E-state index is 0. The van der Waals surface area contributed by atoms with Gasteiger partial charge in [-0.3, -0.25) is 4.79 Å². The molecule has 1 aromatic carbocycles. The number of hydrogen-bond donors (Lipinski definition) is 2. The molecule has 1 saturated carbocycles. The van der Waals surface area contributed by atoms with E-state index in [1.807, 2.05) is 25.1 Å². The molecule has 0 spiro atoms. The standard InChI is InChI=1S/C15H22N2O.ClH/c1-11(10-16)15(18)17-14(13-8-5-9-13)12-6-3-2-4-7-12;/h2-4,6-7,11,13-14H,5,8-10,16H2,1H3,(H,17,18);1H. The van der Waals surface area contributed by atoms with Crippen LogP contribution in [0.5, 0.6) is 0 Å². The maximum atomic E-state index is 12.0. The van der Waals surface area contributed by atoms with E-state index in [0.29, 0.717) is 12.5 Å². The summed E-state index contributed by atoms with van der Waals surface area (Å²) in [5.41, 5.74) is 6.76. The normalized spacial score (nSPS) is 17.8. The Bertz CT molecular complexity index is 392. The summed E-state index contributed by atoms with van der Waals surface area (Å²) in [6.07, 6.45) is 3.68. The fourth-order valence-electron chi connectivity index (χ4n) is 2.31. The Balaban J connectivity index is 0.00000180. The third kappa shape index (κ3) is 3.95. The van der Waals surface area contributed by atoms with Crippen LogP contribution in [0.15, 0.2) is 30.3 Å². The van der Waals surface area contributed by atoms with E-state index in [0.717, 1.165) is 0 Å². The molecule has 1 amide bonds. The number of benzene rings is 1. The van der Waals surface area contributed by atoms with Gasteiger partial charge in [0.25, 0.3) is 0 Å². The van der Waals surface area contributed by atoms with Gasteiger partial charge < -0.3 is 11.1 Å². The summed E-state index contributed by atoms with van der Waals surface area (Å²) in [7, 11) is 0. The first kappa shape index (κ1) is 16.0. The molecular weight excluding hydrogens is 260 g/mol. The maximum Gasteiger partial charge on any atom is 0.224 e. The van der Waals surface area contributed by atoms with E-state index in [9.17, 15) is 4.79 Å². The molecule has 3 nitrogen and oxygen atoms in total. The molecule has 106 valence electrons. The predicted octanol–water partition coefficient (Wildman–Crippen LogP) is 2.66. The second-order valence-electron chi connectivity index (χ2n) is 5.22. The van der Waals surface area contributed by atoms with Gasteiger partial charge in [0.1, 0.15) is 0 Å². The maximum absolute atomic E-state index is 12.0. The summed E-state index contributed by atoms with van der Waals surface area (Å²) in [4.78, 5) is 12.0. The minimum Gasteiger partial charge on any atom is -0.349 e. The zero-order valence-electron chi connectivity index (χ0n) is 11.3. The van der Waals surface area contributed by atoms with Crippen molar-refractivity contribution in [2.75, 3.05) is 6.54 Å². The highest BCUT2D eigenvalue weighted by Crippen LogP contribution is 2.37. The second kappa shape index (κ2) is 7.51. The lowest BCUT2D eigenvalue weighted by Crippen LogP contribution is -2.40. The Kier molecular flexibility index (Phi) is 6.32. The summed E-state index contributed by atoms with van der Waals surface area (Å²) in [6.45, 7) is 2.27. The lowest BCUT2D eigenvalue weighted by atomic mass is 9.77. The highest BCUT2D eigenvalue weighted by Gasteiger charge is 2.30. The molecule has 2 unspecified atom stereocenters. The summed E-state index contributed by atoms with van der Waals surface area (Å²) in [5.74, 6) is 0.538. The highest BCUT2D eigenvalue weighted by molar-refractivity contribution is 5.85. The zero-order chi connectivity index (χ0) is 13.0. The van der Waals surface area contributed by atoms with Gasteiger partial charge in [-0.05, 0) is 24.3 Å². The molecule has 19 heavy (non-hydrogen) atoms. The third-order valence-corrected chi connectivity index (χ3v) is 3.88. The Morgan fingerprint density at radius 2 is 2.00 bits per heavy atom. The fraction of sp³-hybridized carbons (Fsp3) is 0.533. The van der Waals surface area contributed by atoms with Crippen molar-refractivity contribution in [1.82, 2.24) is 5.32 Å². The molecule has 4 heteroatoms. The lowest BCUT2D eigenvalue weighted by Gasteiger charge is -2.35. The number of carbonyl (C=O) groups is 1. The SMILES string of the molecule is CC(CN)C(=O)NC(c1ccccc1)C1CCC1.Cl. The number of carbonyl (C=O) groups excluding carboxylic acids is 1. The number of nitrogens with two attached hydrogens (primary N) is 1. The summed E-state index contributed by atoms with van der Waals surface area (Å²) in [6, 6.07) is 10.4. The average Bonchev–Trinajstić information content (AvgIpc) is 2.35. The average molecular weight is 283 g/mol. The van der Waals surface area contributed by atoms with E-state index in [2.05, 4.69) is 17.4 Å². The number of rotatable bonds is 5. The first-order valence-electron chi connectivity index (χ1n) is 6.77. The first-order valence-corrected chi connectivity index (χ1v) is 6.77. The van der Waals surface area contributed by atoms with Gasteiger partial charge in [-0.15, -0.1) is 12.4 Å². The van der Waals surface area contributed by atoms with Gasteiger partial charge in [0.2, 0.25) is 5.91 Å². The fourth-order valence-corrected chi connectivity index (χ4v) is 2.31. The van der Waals surface area contributed by atoms with Crippen molar-refractivity contribution < 1.29 is 4.79 Å². The zero-order valence-corrected chi connectivity index (χ0v) is 12.2. The Hall–Kier alpha value is -1.06. The minimum atomic E-state index is -0.115. The van der Waals surface area contributed by atoms with Gasteiger partial charge in [0.05, 0.1) is 6.04 Å². The number of amides is 1. The Morgan fingerprint density at radius 3 is 2.47 bits per heavy atom. The Morgan fingerprint density at radius 1 is 1.37 bits per heavy atom. The van der Waals surface area contributed by atoms with E-state index >= 15 is 0 Å². The van der Waals surface area contributed by atoms with Gasteiger partial charge in [-0.2, -0.15) is 0 Å². The summed E-state index contributed by atoms with van der Waals surface area (Å²) < 4.78 is 0. The van der Waals surface area contributed by atoms with Crippen LogP contribution >= 0.6 is 12.4 Å². The van der Waals surface area contributed by atoms with Crippen molar-refractivity contribution >= 4 is 18.3 Å². The van der Waals surface area contributed by atoms with E-state index < -0.39 is 0 Å². The number of nitrogens with one attached hydrogen (secondary N) is 1. The Labute approximate surface area is 121 Å². The lowest BCUT2D eigenvalue weighted by molar-refractivity contribution is -0.125. The van der Waals surface area contributed by atoms with Crippen molar-refractivity contribution in [3.63, 3.8) is 0 Å². The summed E-state index contributed by atoms with van der Waals surface area (Å²) >= 11 is 0. The van der Waals surface area contributed by atoms with Crippen LogP contribution < -0.4 is 11.1 Å². The molecule has 2 rings (SSSR count). The molecule has 1 fully saturated rings. The molecule has 1 aliphatic rings. The largest absolute Gasteiger partial charge is 0.349 e. The number of halogens is 1. The van der Waals surface area contributed by atoms with E-state index in [1.54, 1.807) is 0 Å². The molecule has 1 aliphatic carbocycles. The topological polar surface area (TPSA) is 55.1 Å². The molecule has 0 radical (unpaired) electrons. The van der Waals surface area contributed by atoms with Crippen LogP contribution in [0.4, 0.5) is 0 Å². The van der Waals surface area contributed by atoms with Gasteiger partial charge in [0.15, 0.2) is 0 Å². The third-order valence-electron chi connectivity index (χ3n) is 3.88. The number of hydrogen-bond acceptors (Lipinski definition) is 2. The quantitative estimate of drug-likeness (QED) is 0.872. The van der Waals surface area contributed by atoms with E-state index in [4.69, 9.17) is 5.73 Å². The van der Waals surface area contributed by atoms with Crippen molar-refractivity contribution in [3.05, 3.63) is 35.9 Å². The van der Waals surface area contributed by atoms with Gasteiger partial charge >= 0.3 is 0 Å². The van der Waals surface area contributed by atoms with Gasteiger partial charge in [0, 0.05) is 12.5 Å². The second-order valence-corrected chi connectivity index (χ2v) is 5.22. The smallest absolute Gasteiger partial charge is 0.224 e. The van der Waals surface area contributed by atoms with Gasteiger partial charge in [-0.1, -0.05) is 43.7 Å². The summed E-state index contributed by atoms with van der Waals surface area (Å²) in [5, 5.41) is 3.17. The highest BCUT2D eigenvalue weighted by atomic mass is 35.5. The van der Waals surface area contributed by atoms with Crippen molar-refractivity contribution in [2.24, 2.45) is 17.6 Å². The predicted molar refractivity (Wildman–Crippen MR) is 80.1 cm³/mol. The monoisotopic (exact) mass is 282 g/mol. The van der Waals surface area contributed by atoms with Crippen LogP contribution in [0.3, 0.4) is 0 Å². The van der Waals surface area contributed by atoms with E-state index in [1.165, 1.54) is 24.8 Å². The molecular formula is C15H23ClN2O. The molecule has 1 aromatic rings. The van der Waals surface area contributed by atoms with Crippen molar-refractivity contribution in [1.29, 1.82) is 0 Å². The molecule has 0 bridgehead atoms. The van der Waals surface area contributed by atoms with Crippen LogP contribution in [0.25, 0.3) is 0 Å². The van der Waals surface area contributed by atoms with Gasteiger partial charge in [-0.25, -0.2) is 0 Å². The molecule has 0 aliphatic heterocycles. The molecule has 0 saturated heterocycles. The van der Waals surface area contributed by atoms with E-state index in [-0.39, 0.29) is 30.3 Å². The van der Waals surface area contributed by atoms with Crippen LogP contribution in [0.1, 0.15) is 37.8 Å². The molecule has 3 N–H and O–H groups in total. The van der Waals surface area contributed by atoms with Crippen LogP contribution in [0, 0.1) is 11.8 Å². The van der Waals surface area contributed by atoms with Crippen molar-refractivity contribution in [2.45, 2.75) is 32.2 Å². The molecule has 0 heterocycles. The van der Waals surface area contributed by atoms with Crippen LogP contribution in [-0.4, -0.2) is 12.5 Å². The van der Waals surface area contributed by atoms with Crippen molar-refractivity contribution in [3.8, 4) is 0 Å². The van der Waals surface area contributed by atoms with Crippen LogP contribution in [-0.2, 0) is 4.79 Å². The first-order chi connectivity index (χ1) is 8.72. The molecule has 2 atom stereocenters.